The molecule has 21 heavy (non-hydrogen) atoms. The third-order valence-electron chi connectivity index (χ3n) is 3.31. The second kappa shape index (κ2) is 5.33. The predicted molar refractivity (Wildman–Crippen MR) is 82.4 cm³/mol. The summed E-state index contributed by atoms with van der Waals surface area (Å²) < 4.78 is 18.8. The Morgan fingerprint density at radius 3 is 2.71 bits per heavy atom. The summed E-state index contributed by atoms with van der Waals surface area (Å²) in [6, 6.07) is 9.50. The van der Waals surface area contributed by atoms with Gasteiger partial charge in [-0.1, -0.05) is 0 Å². The molecule has 5 heteroatoms. The van der Waals surface area contributed by atoms with Crippen molar-refractivity contribution in [1.82, 2.24) is 4.98 Å². The van der Waals surface area contributed by atoms with Crippen LogP contribution in [0.25, 0.3) is 10.9 Å². The van der Waals surface area contributed by atoms with Gasteiger partial charge in [0.2, 0.25) is 0 Å². The molecule has 0 saturated carbocycles. The van der Waals surface area contributed by atoms with Gasteiger partial charge in [0.15, 0.2) is 5.78 Å². The number of hydrogen-bond acceptors (Lipinski definition) is 2. The van der Waals surface area contributed by atoms with Gasteiger partial charge in [-0.2, -0.15) is 0 Å². The number of hydrogen-bond donors (Lipinski definition) is 1. The Morgan fingerprint density at radius 1 is 1.19 bits per heavy atom. The summed E-state index contributed by atoms with van der Waals surface area (Å²) in [6.07, 6.45) is 1.65. The van der Waals surface area contributed by atoms with Crippen molar-refractivity contribution in [3.63, 3.8) is 0 Å². The minimum absolute atomic E-state index is 0.179. The van der Waals surface area contributed by atoms with Crippen molar-refractivity contribution in [3.8, 4) is 5.75 Å². The Morgan fingerprint density at radius 2 is 2.00 bits per heavy atom. The molecule has 0 atom stereocenters. The van der Waals surface area contributed by atoms with E-state index in [-0.39, 0.29) is 11.6 Å². The number of aromatic amines is 1. The van der Waals surface area contributed by atoms with Gasteiger partial charge < -0.3 is 9.72 Å². The molecule has 0 saturated heterocycles. The zero-order valence-corrected chi connectivity index (χ0v) is 12.7. The monoisotopic (exact) mass is 347 g/mol. The number of methoxy groups -OCH3 is 1. The summed E-state index contributed by atoms with van der Waals surface area (Å²) >= 11 is 3.23. The number of nitrogens with one attached hydrogen (secondary N) is 1. The molecule has 0 unspecified atom stereocenters. The van der Waals surface area contributed by atoms with Crippen LogP contribution in [0.1, 0.15) is 15.9 Å². The largest absolute Gasteiger partial charge is 0.497 e. The number of fused-ring (bicyclic) bond motifs is 1. The van der Waals surface area contributed by atoms with E-state index in [1.165, 1.54) is 18.2 Å². The summed E-state index contributed by atoms with van der Waals surface area (Å²) in [5.74, 6) is 0.106. The molecule has 1 heterocycles. The average Bonchev–Trinajstić information content (AvgIpc) is 2.89. The van der Waals surface area contributed by atoms with Gasteiger partial charge in [-0.15, -0.1) is 0 Å². The molecule has 2 aromatic carbocycles. The van der Waals surface area contributed by atoms with Crippen LogP contribution in [-0.4, -0.2) is 17.9 Å². The molecule has 3 aromatic rings. The zero-order chi connectivity index (χ0) is 15.0. The molecule has 106 valence electrons. The number of benzene rings is 2. The first-order valence-corrected chi connectivity index (χ1v) is 7.04. The lowest BCUT2D eigenvalue weighted by Crippen LogP contribution is -2.02. The smallest absolute Gasteiger partial charge is 0.196 e. The van der Waals surface area contributed by atoms with E-state index in [4.69, 9.17) is 4.74 Å². The van der Waals surface area contributed by atoms with Crippen molar-refractivity contribution in [2.24, 2.45) is 0 Å². The predicted octanol–water partition coefficient (Wildman–Crippen LogP) is 4.31. The lowest BCUT2D eigenvalue weighted by Gasteiger charge is -2.04. The van der Waals surface area contributed by atoms with E-state index < -0.39 is 0 Å². The fourth-order valence-corrected chi connectivity index (χ4v) is 2.76. The standard InChI is InChI=1S/C16H11BrFNO2/c1-21-10-3-5-15-12(7-10)13(8-19-15)16(20)11-4-2-9(18)6-14(11)17/h2-8,19H,1H3. The lowest BCUT2D eigenvalue weighted by atomic mass is 10.0. The van der Waals surface area contributed by atoms with E-state index in [9.17, 15) is 9.18 Å². The molecular formula is C16H11BrFNO2. The number of ether oxygens (including phenoxy) is 1. The molecule has 0 aliphatic carbocycles. The molecule has 0 fully saturated rings. The molecule has 0 bridgehead atoms. The maximum absolute atomic E-state index is 13.1. The first kappa shape index (κ1) is 13.8. The third kappa shape index (κ3) is 2.45. The minimum Gasteiger partial charge on any atom is -0.497 e. The van der Waals surface area contributed by atoms with Gasteiger partial charge in [0.25, 0.3) is 0 Å². The van der Waals surface area contributed by atoms with Crippen LogP contribution in [0.4, 0.5) is 4.39 Å². The Kier molecular flexibility index (Phi) is 3.51. The summed E-state index contributed by atoms with van der Waals surface area (Å²) in [5.41, 5.74) is 1.79. The number of carbonyl (C=O) groups excluding carboxylic acids is 1. The fourth-order valence-electron chi connectivity index (χ4n) is 2.23. The van der Waals surface area contributed by atoms with Crippen molar-refractivity contribution in [1.29, 1.82) is 0 Å². The molecule has 3 nitrogen and oxygen atoms in total. The Hall–Kier alpha value is -2.14. The molecule has 1 aromatic heterocycles. The topological polar surface area (TPSA) is 42.1 Å². The Balaban J connectivity index is 2.13. The van der Waals surface area contributed by atoms with Crippen LogP contribution in [0.2, 0.25) is 0 Å². The Labute approximate surface area is 128 Å². The van der Waals surface area contributed by atoms with Gasteiger partial charge in [-0.3, -0.25) is 4.79 Å². The van der Waals surface area contributed by atoms with E-state index in [0.29, 0.717) is 21.3 Å². The number of ketones is 1. The number of rotatable bonds is 3. The summed E-state index contributed by atoms with van der Waals surface area (Å²) in [7, 11) is 1.58. The summed E-state index contributed by atoms with van der Waals surface area (Å²) in [5, 5.41) is 0.774. The van der Waals surface area contributed by atoms with Crippen LogP contribution in [0, 0.1) is 5.82 Å². The van der Waals surface area contributed by atoms with Crippen LogP contribution >= 0.6 is 15.9 Å². The van der Waals surface area contributed by atoms with Gasteiger partial charge >= 0.3 is 0 Å². The van der Waals surface area contributed by atoms with E-state index in [1.54, 1.807) is 19.4 Å². The van der Waals surface area contributed by atoms with Crippen LogP contribution in [0.15, 0.2) is 47.1 Å². The number of halogens is 2. The third-order valence-corrected chi connectivity index (χ3v) is 3.97. The molecule has 0 aliphatic heterocycles. The molecule has 0 radical (unpaired) electrons. The van der Waals surface area contributed by atoms with E-state index in [1.807, 2.05) is 12.1 Å². The second-order valence-corrected chi connectivity index (χ2v) is 5.42. The van der Waals surface area contributed by atoms with E-state index >= 15 is 0 Å². The van der Waals surface area contributed by atoms with Crippen molar-refractivity contribution in [2.45, 2.75) is 0 Å². The number of aromatic nitrogens is 1. The molecular weight excluding hydrogens is 337 g/mol. The first-order valence-electron chi connectivity index (χ1n) is 6.25. The van der Waals surface area contributed by atoms with E-state index in [2.05, 4.69) is 20.9 Å². The highest BCUT2D eigenvalue weighted by Crippen LogP contribution is 2.28. The zero-order valence-electron chi connectivity index (χ0n) is 11.1. The van der Waals surface area contributed by atoms with Crippen molar-refractivity contribution >= 4 is 32.6 Å². The van der Waals surface area contributed by atoms with Crippen LogP contribution in [0.5, 0.6) is 5.75 Å². The summed E-state index contributed by atoms with van der Waals surface area (Å²) in [4.78, 5) is 15.7. The maximum Gasteiger partial charge on any atom is 0.196 e. The van der Waals surface area contributed by atoms with Gasteiger partial charge in [-0.05, 0) is 52.3 Å². The first-order chi connectivity index (χ1) is 10.1. The van der Waals surface area contributed by atoms with Gasteiger partial charge in [0.05, 0.1) is 7.11 Å². The number of H-pyrrole nitrogens is 1. The quantitative estimate of drug-likeness (QED) is 0.717. The summed E-state index contributed by atoms with van der Waals surface area (Å²) in [6.45, 7) is 0. The fraction of sp³-hybridized carbons (Fsp3) is 0.0625. The highest BCUT2D eigenvalue weighted by molar-refractivity contribution is 9.10. The molecule has 0 amide bonds. The van der Waals surface area contributed by atoms with Crippen LogP contribution < -0.4 is 4.74 Å². The highest BCUT2D eigenvalue weighted by atomic mass is 79.9. The van der Waals surface area contributed by atoms with Crippen LogP contribution in [0.3, 0.4) is 0 Å². The van der Waals surface area contributed by atoms with Crippen molar-refractivity contribution in [2.75, 3.05) is 7.11 Å². The Bertz CT molecular complexity index is 841. The van der Waals surface area contributed by atoms with Crippen LogP contribution in [-0.2, 0) is 0 Å². The normalized spacial score (nSPS) is 10.8. The van der Waals surface area contributed by atoms with Gasteiger partial charge in [0, 0.05) is 32.7 Å². The molecule has 3 rings (SSSR count). The lowest BCUT2D eigenvalue weighted by molar-refractivity contribution is 0.103. The van der Waals surface area contributed by atoms with E-state index in [0.717, 1.165) is 10.9 Å². The molecule has 0 spiro atoms. The van der Waals surface area contributed by atoms with Gasteiger partial charge in [0.1, 0.15) is 11.6 Å². The second-order valence-electron chi connectivity index (χ2n) is 4.57. The SMILES string of the molecule is COc1ccc2[nH]cc(C(=O)c3ccc(F)cc3Br)c2c1. The van der Waals surface area contributed by atoms with Crippen molar-refractivity contribution < 1.29 is 13.9 Å². The maximum atomic E-state index is 13.1. The molecule has 1 N–H and O–H groups in total. The molecule has 0 aliphatic rings. The minimum atomic E-state index is -0.390. The van der Waals surface area contributed by atoms with Crippen molar-refractivity contribution in [3.05, 3.63) is 64.0 Å². The van der Waals surface area contributed by atoms with Gasteiger partial charge in [-0.25, -0.2) is 4.39 Å². The average molecular weight is 348 g/mol. The highest BCUT2D eigenvalue weighted by Gasteiger charge is 2.17. The number of carbonyl (C=O) groups is 1.